The highest BCUT2D eigenvalue weighted by molar-refractivity contribution is 7.90. The van der Waals surface area contributed by atoms with Crippen LogP contribution in [0.1, 0.15) is 12.0 Å². The highest BCUT2D eigenvalue weighted by Gasteiger charge is 2.51. The minimum absolute atomic E-state index is 0.0394. The summed E-state index contributed by atoms with van der Waals surface area (Å²) in [5.74, 6) is 2.41. The lowest BCUT2D eigenvalue weighted by molar-refractivity contribution is -0.0479. The van der Waals surface area contributed by atoms with Crippen molar-refractivity contribution in [3.05, 3.63) is 61.2 Å². The number of sulfonamides is 1. The van der Waals surface area contributed by atoms with E-state index in [9.17, 15) is 21.6 Å². The third kappa shape index (κ3) is 4.15. The van der Waals surface area contributed by atoms with E-state index in [1.165, 1.54) is 6.08 Å². The van der Waals surface area contributed by atoms with Crippen LogP contribution in [0.25, 0.3) is 0 Å². The molecule has 0 saturated heterocycles. The van der Waals surface area contributed by atoms with Crippen LogP contribution >= 0.6 is 0 Å². The minimum atomic E-state index is -5.60. The van der Waals surface area contributed by atoms with Crippen molar-refractivity contribution in [3.8, 4) is 12.0 Å². The van der Waals surface area contributed by atoms with Gasteiger partial charge in [-0.05, 0) is 24.5 Å². The molecule has 0 heterocycles. The molecule has 1 unspecified atom stereocenters. The fourth-order valence-electron chi connectivity index (χ4n) is 1.53. The fourth-order valence-corrected chi connectivity index (χ4v) is 2.45. The van der Waals surface area contributed by atoms with Crippen LogP contribution in [0.4, 0.5) is 13.2 Å². The first kappa shape index (κ1) is 17.9. The third-order valence-corrected chi connectivity index (χ3v) is 4.08. The lowest BCUT2D eigenvalue weighted by atomic mass is 10.2. The molecule has 0 aliphatic carbocycles. The third-order valence-electron chi connectivity index (χ3n) is 2.62. The molecule has 0 N–H and O–H groups in total. The second-order valence-electron chi connectivity index (χ2n) is 4.18. The highest BCUT2D eigenvalue weighted by Crippen LogP contribution is 2.28. The van der Waals surface area contributed by atoms with E-state index >= 15 is 0 Å². The maximum Gasteiger partial charge on any atom is 0.517 e. The van der Waals surface area contributed by atoms with Gasteiger partial charge in [-0.15, -0.1) is 13.2 Å². The van der Waals surface area contributed by atoms with Gasteiger partial charge in [0.05, 0.1) is 6.04 Å². The number of nitrogens with zero attached hydrogens (tertiary/aromatic N) is 1. The Balaban J connectivity index is 3.33. The van der Waals surface area contributed by atoms with Crippen molar-refractivity contribution in [2.75, 3.05) is 0 Å². The number of benzene rings is 1. The number of hydrogen-bond acceptors (Lipinski definition) is 2. The molecule has 0 radical (unpaired) electrons. The van der Waals surface area contributed by atoms with Gasteiger partial charge in [0.1, 0.15) is 0 Å². The number of halogens is 3. The second kappa shape index (κ2) is 7.18. The van der Waals surface area contributed by atoms with Crippen molar-refractivity contribution >= 4 is 10.0 Å². The quantitative estimate of drug-likeness (QED) is 0.472. The van der Waals surface area contributed by atoms with Crippen molar-refractivity contribution in [1.82, 2.24) is 4.31 Å². The van der Waals surface area contributed by atoms with Crippen LogP contribution in [0, 0.1) is 12.0 Å². The van der Waals surface area contributed by atoms with E-state index in [1.807, 2.05) is 0 Å². The first-order chi connectivity index (χ1) is 10.2. The summed E-state index contributed by atoms with van der Waals surface area (Å²) in [4.78, 5) is 0. The molecule has 0 aromatic heterocycles. The SMILES string of the molecule is C=CCC(C=C)N(C#Cc1ccccc1)S(=O)(=O)C(F)(F)F. The van der Waals surface area contributed by atoms with Gasteiger partial charge in [0.25, 0.3) is 0 Å². The van der Waals surface area contributed by atoms with Crippen LogP contribution in [0.15, 0.2) is 55.6 Å². The molecule has 0 spiro atoms. The molecule has 7 heteroatoms. The van der Waals surface area contributed by atoms with Crippen LogP contribution in [0.3, 0.4) is 0 Å². The van der Waals surface area contributed by atoms with Crippen LogP contribution in [0.5, 0.6) is 0 Å². The molecule has 118 valence electrons. The lowest BCUT2D eigenvalue weighted by Crippen LogP contribution is -2.43. The molecule has 22 heavy (non-hydrogen) atoms. The Bertz CT molecular complexity index is 685. The van der Waals surface area contributed by atoms with Crippen LogP contribution in [-0.4, -0.2) is 24.3 Å². The average Bonchev–Trinajstić information content (AvgIpc) is 2.46. The summed E-state index contributed by atoms with van der Waals surface area (Å²) in [5.41, 5.74) is -5.05. The van der Waals surface area contributed by atoms with Crippen molar-refractivity contribution < 1.29 is 21.6 Å². The van der Waals surface area contributed by atoms with Gasteiger partial charge in [-0.1, -0.05) is 30.4 Å². The van der Waals surface area contributed by atoms with Crippen LogP contribution in [0.2, 0.25) is 0 Å². The molecule has 0 fully saturated rings. The fraction of sp³-hybridized carbons (Fsp3) is 0.200. The van der Waals surface area contributed by atoms with E-state index in [0.717, 1.165) is 6.08 Å². The number of alkyl halides is 3. The van der Waals surface area contributed by atoms with E-state index in [2.05, 4.69) is 25.1 Å². The predicted molar refractivity (Wildman–Crippen MR) is 78.9 cm³/mol. The molecule has 1 aromatic rings. The standard InChI is InChI=1S/C15H14F3NO2S/c1-3-8-14(4-2)19(22(20,21)15(16,17)18)12-11-13-9-6-5-7-10-13/h3-7,9-10,14H,1-2,8H2. The topological polar surface area (TPSA) is 37.4 Å². The maximum atomic E-state index is 12.8. The average molecular weight is 329 g/mol. The summed E-state index contributed by atoms with van der Waals surface area (Å²) in [7, 11) is -5.60. The van der Waals surface area contributed by atoms with E-state index in [4.69, 9.17) is 0 Å². The Morgan fingerprint density at radius 3 is 2.27 bits per heavy atom. The maximum absolute atomic E-state index is 12.8. The minimum Gasteiger partial charge on any atom is -0.213 e. The molecule has 0 aliphatic heterocycles. The van der Waals surface area contributed by atoms with Gasteiger partial charge in [0.2, 0.25) is 0 Å². The molecule has 1 aromatic carbocycles. The molecule has 3 nitrogen and oxygen atoms in total. The van der Waals surface area contributed by atoms with E-state index in [-0.39, 0.29) is 10.7 Å². The number of rotatable bonds is 5. The Kier molecular flexibility index (Phi) is 5.83. The Hall–Kier alpha value is -2.20. The van der Waals surface area contributed by atoms with E-state index in [0.29, 0.717) is 5.56 Å². The first-order valence-electron chi connectivity index (χ1n) is 6.15. The summed E-state index contributed by atoms with van der Waals surface area (Å²) < 4.78 is 61.8. The van der Waals surface area contributed by atoms with Crippen LogP contribution in [-0.2, 0) is 10.0 Å². The molecular formula is C15H14F3NO2S. The number of hydrogen-bond donors (Lipinski definition) is 0. The summed E-state index contributed by atoms with van der Waals surface area (Å²) >= 11 is 0. The van der Waals surface area contributed by atoms with Crippen LogP contribution < -0.4 is 0 Å². The highest BCUT2D eigenvalue weighted by atomic mass is 32.2. The molecular weight excluding hydrogens is 315 g/mol. The molecule has 0 bridgehead atoms. The predicted octanol–water partition coefficient (Wildman–Crippen LogP) is 3.28. The van der Waals surface area contributed by atoms with Gasteiger partial charge in [-0.3, -0.25) is 0 Å². The zero-order valence-corrected chi connectivity index (χ0v) is 12.4. The zero-order valence-electron chi connectivity index (χ0n) is 11.5. The van der Waals surface area contributed by atoms with Crippen molar-refractivity contribution in [2.24, 2.45) is 0 Å². The van der Waals surface area contributed by atoms with Gasteiger partial charge < -0.3 is 0 Å². The Morgan fingerprint density at radius 1 is 1.23 bits per heavy atom. The molecule has 1 rings (SSSR count). The second-order valence-corrected chi connectivity index (χ2v) is 5.98. The van der Waals surface area contributed by atoms with Gasteiger partial charge in [-0.2, -0.15) is 21.6 Å². The van der Waals surface area contributed by atoms with Gasteiger partial charge >= 0.3 is 15.5 Å². The van der Waals surface area contributed by atoms with Crippen molar-refractivity contribution in [3.63, 3.8) is 0 Å². The van der Waals surface area contributed by atoms with Crippen molar-refractivity contribution in [1.29, 1.82) is 0 Å². The lowest BCUT2D eigenvalue weighted by Gasteiger charge is -2.25. The molecule has 0 aliphatic rings. The Labute approximate surface area is 127 Å². The van der Waals surface area contributed by atoms with Gasteiger partial charge in [0, 0.05) is 11.6 Å². The van der Waals surface area contributed by atoms with Crippen molar-refractivity contribution in [2.45, 2.75) is 18.0 Å². The Morgan fingerprint density at radius 2 is 1.82 bits per heavy atom. The van der Waals surface area contributed by atoms with Gasteiger partial charge in [0.15, 0.2) is 0 Å². The van der Waals surface area contributed by atoms with Gasteiger partial charge in [-0.25, -0.2) is 4.31 Å². The summed E-state index contributed by atoms with van der Waals surface area (Å²) in [6, 6.07) is 9.03. The molecule has 0 saturated carbocycles. The van der Waals surface area contributed by atoms with E-state index < -0.39 is 21.6 Å². The summed E-state index contributed by atoms with van der Waals surface area (Å²) in [6.07, 6.45) is 2.35. The summed E-state index contributed by atoms with van der Waals surface area (Å²) in [6.45, 7) is 6.76. The first-order valence-corrected chi connectivity index (χ1v) is 7.59. The molecule has 1 atom stereocenters. The smallest absolute Gasteiger partial charge is 0.213 e. The normalized spacial score (nSPS) is 12.7. The van der Waals surface area contributed by atoms with E-state index in [1.54, 1.807) is 30.3 Å². The monoisotopic (exact) mass is 329 g/mol. The largest absolute Gasteiger partial charge is 0.517 e. The molecule has 0 amide bonds. The zero-order chi connectivity index (χ0) is 16.8. The summed E-state index contributed by atoms with van der Waals surface area (Å²) in [5, 5.41) is 0.